The molecule has 176 valence electrons. The maximum Gasteiger partial charge on any atom is 0.263 e. The zero-order valence-corrected chi connectivity index (χ0v) is 20.4. The normalized spacial score (nSPS) is 10.5. The summed E-state index contributed by atoms with van der Waals surface area (Å²) in [4.78, 5) is 22.0. The Bertz CT molecular complexity index is 1390. The van der Waals surface area contributed by atoms with Gasteiger partial charge in [0.2, 0.25) is 0 Å². The predicted molar refractivity (Wildman–Crippen MR) is 141 cm³/mol. The first-order valence-electron chi connectivity index (χ1n) is 11.5. The number of nitrogens with one attached hydrogen (secondary N) is 2. The number of anilines is 2. The maximum atomic E-state index is 13.7. The summed E-state index contributed by atoms with van der Waals surface area (Å²) in [6.07, 6.45) is 2.17. The zero-order chi connectivity index (χ0) is 24.8. The monoisotopic (exact) mass is 456 g/mol. The molecule has 7 heteroatoms. The Hall–Kier alpha value is -4.00. The molecule has 0 aliphatic rings. The highest BCUT2D eigenvalue weighted by Gasteiger charge is 2.16. The molecule has 0 radical (unpaired) electrons. The molecule has 0 saturated heterocycles. The van der Waals surface area contributed by atoms with Gasteiger partial charge >= 0.3 is 0 Å². The van der Waals surface area contributed by atoms with Crippen LogP contribution >= 0.6 is 0 Å². The average Bonchev–Trinajstić information content (AvgIpc) is 2.83. The smallest absolute Gasteiger partial charge is 0.263 e. The minimum atomic E-state index is -0.0519. The lowest BCUT2D eigenvalue weighted by atomic mass is 10.0. The standard InChI is InChI=1S/C25H26N6O.C2H6/c1-4-17-9-5-6-11-20(17)31-19(12-18-10-7-8-15(2)21(18)25(31)32)13-28-24-22(16(3)26)23(27)29-14-30-24;1-2/h5-12,14,26H,4,13H2,1-3H3,(H3,27,28,29,30);1-2H3. The van der Waals surface area contributed by atoms with Crippen LogP contribution in [0.25, 0.3) is 16.5 Å². The molecular weight excluding hydrogens is 424 g/mol. The average molecular weight is 457 g/mol. The van der Waals surface area contributed by atoms with E-state index in [1.54, 1.807) is 11.5 Å². The minimum absolute atomic E-state index is 0.0519. The molecule has 0 fully saturated rings. The number of nitrogens with two attached hydrogens (primary N) is 1. The van der Waals surface area contributed by atoms with E-state index < -0.39 is 0 Å². The van der Waals surface area contributed by atoms with Crippen molar-refractivity contribution in [1.29, 1.82) is 5.41 Å². The molecule has 2 aromatic heterocycles. The van der Waals surface area contributed by atoms with Crippen LogP contribution in [-0.4, -0.2) is 20.2 Å². The summed E-state index contributed by atoms with van der Waals surface area (Å²) >= 11 is 0. The van der Waals surface area contributed by atoms with Crippen LogP contribution in [0.4, 0.5) is 11.6 Å². The van der Waals surface area contributed by atoms with Gasteiger partial charge in [-0.25, -0.2) is 9.97 Å². The molecule has 0 atom stereocenters. The number of aryl methyl sites for hydroxylation is 2. The fraction of sp³-hybridized carbons (Fsp3) is 0.259. The molecule has 4 N–H and O–H groups in total. The van der Waals surface area contributed by atoms with Crippen molar-refractivity contribution in [2.45, 2.75) is 47.6 Å². The second-order valence-electron chi connectivity index (χ2n) is 7.76. The second-order valence-corrected chi connectivity index (χ2v) is 7.76. The summed E-state index contributed by atoms with van der Waals surface area (Å²) in [5.74, 6) is 0.718. The Morgan fingerprint density at radius 3 is 2.56 bits per heavy atom. The van der Waals surface area contributed by atoms with Crippen LogP contribution in [-0.2, 0) is 13.0 Å². The van der Waals surface area contributed by atoms with Gasteiger partial charge in [-0.3, -0.25) is 9.36 Å². The summed E-state index contributed by atoms with van der Waals surface area (Å²) in [6, 6.07) is 15.9. The summed E-state index contributed by atoms with van der Waals surface area (Å²) in [6.45, 7) is 10.0. The van der Waals surface area contributed by atoms with E-state index in [2.05, 4.69) is 22.2 Å². The molecule has 0 spiro atoms. The third-order valence-corrected chi connectivity index (χ3v) is 5.63. The van der Waals surface area contributed by atoms with E-state index in [1.807, 2.05) is 69.3 Å². The number of hydrogen-bond acceptors (Lipinski definition) is 6. The summed E-state index contributed by atoms with van der Waals surface area (Å²) in [5.41, 5.74) is 10.4. The van der Waals surface area contributed by atoms with Crippen molar-refractivity contribution in [3.05, 3.63) is 87.6 Å². The van der Waals surface area contributed by atoms with Crippen LogP contribution in [0.1, 0.15) is 50.1 Å². The van der Waals surface area contributed by atoms with Crippen molar-refractivity contribution < 1.29 is 0 Å². The van der Waals surface area contributed by atoms with E-state index in [0.717, 1.165) is 34.3 Å². The Morgan fingerprint density at radius 1 is 1.12 bits per heavy atom. The topological polar surface area (TPSA) is 110 Å². The van der Waals surface area contributed by atoms with Crippen LogP contribution in [0.3, 0.4) is 0 Å². The molecule has 0 aliphatic heterocycles. The summed E-state index contributed by atoms with van der Waals surface area (Å²) in [5, 5.41) is 12.9. The van der Waals surface area contributed by atoms with Crippen LogP contribution in [0.5, 0.6) is 0 Å². The van der Waals surface area contributed by atoms with Gasteiger partial charge in [-0.05, 0) is 48.9 Å². The van der Waals surface area contributed by atoms with Crippen molar-refractivity contribution >= 4 is 28.1 Å². The molecule has 4 aromatic rings. The Balaban J connectivity index is 0.00000158. The molecule has 2 aromatic carbocycles. The van der Waals surface area contributed by atoms with E-state index in [-0.39, 0.29) is 17.1 Å². The Morgan fingerprint density at radius 2 is 1.85 bits per heavy atom. The van der Waals surface area contributed by atoms with Crippen molar-refractivity contribution in [3.63, 3.8) is 0 Å². The van der Waals surface area contributed by atoms with Gasteiger partial charge in [-0.15, -0.1) is 0 Å². The number of aromatic nitrogens is 3. The first kappa shape index (κ1) is 24.6. The number of nitrogens with zero attached hydrogens (tertiary/aromatic N) is 3. The predicted octanol–water partition coefficient (Wildman–Crippen LogP) is 5.26. The first-order valence-corrected chi connectivity index (χ1v) is 11.5. The van der Waals surface area contributed by atoms with Crippen LogP contribution < -0.4 is 16.6 Å². The quantitative estimate of drug-likeness (QED) is 0.343. The lowest BCUT2D eigenvalue weighted by molar-refractivity contribution is 0.874. The molecule has 4 rings (SSSR count). The van der Waals surface area contributed by atoms with E-state index in [4.69, 9.17) is 11.1 Å². The molecule has 0 aliphatic carbocycles. The SMILES string of the molecule is CC.CCc1ccccc1-n1c(CNc2ncnc(N)c2C(C)=N)cc2cccc(C)c2c1=O. The fourth-order valence-electron chi connectivity index (χ4n) is 4.09. The molecule has 0 saturated carbocycles. The van der Waals surface area contributed by atoms with Crippen molar-refractivity contribution in [2.75, 3.05) is 11.1 Å². The van der Waals surface area contributed by atoms with E-state index in [9.17, 15) is 4.79 Å². The third kappa shape index (κ3) is 4.69. The van der Waals surface area contributed by atoms with Gasteiger partial charge in [-0.2, -0.15) is 0 Å². The second kappa shape index (κ2) is 10.7. The number of rotatable bonds is 6. The highest BCUT2D eigenvalue weighted by atomic mass is 16.1. The largest absolute Gasteiger partial charge is 0.383 e. The number of para-hydroxylation sites is 1. The molecule has 0 unspecified atom stereocenters. The van der Waals surface area contributed by atoms with Crippen molar-refractivity contribution in [3.8, 4) is 5.69 Å². The molecule has 34 heavy (non-hydrogen) atoms. The van der Waals surface area contributed by atoms with Crippen molar-refractivity contribution in [1.82, 2.24) is 14.5 Å². The van der Waals surface area contributed by atoms with Gasteiger partial charge in [0.25, 0.3) is 5.56 Å². The van der Waals surface area contributed by atoms with E-state index >= 15 is 0 Å². The van der Waals surface area contributed by atoms with Gasteiger partial charge in [0.1, 0.15) is 18.0 Å². The highest BCUT2D eigenvalue weighted by Crippen LogP contribution is 2.23. The summed E-state index contributed by atoms with van der Waals surface area (Å²) < 4.78 is 1.78. The number of pyridine rings is 1. The fourth-order valence-corrected chi connectivity index (χ4v) is 4.09. The number of benzene rings is 2. The zero-order valence-electron chi connectivity index (χ0n) is 20.4. The van der Waals surface area contributed by atoms with Gasteiger partial charge < -0.3 is 16.5 Å². The van der Waals surface area contributed by atoms with E-state index in [1.165, 1.54) is 6.33 Å². The van der Waals surface area contributed by atoms with Crippen LogP contribution in [0, 0.1) is 12.3 Å². The Labute approximate surface area is 200 Å². The summed E-state index contributed by atoms with van der Waals surface area (Å²) in [7, 11) is 0. The maximum absolute atomic E-state index is 13.7. The number of hydrogen-bond donors (Lipinski definition) is 3. The van der Waals surface area contributed by atoms with Gasteiger partial charge in [0, 0.05) is 11.4 Å². The van der Waals surface area contributed by atoms with Gasteiger partial charge in [0.05, 0.1) is 23.2 Å². The van der Waals surface area contributed by atoms with E-state index in [0.29, 0.717) is 23.3 Å². The van der Waals surface area contributed by atoms with Gasteiger partial charge in [-0.1, -0.05) is 57.2 Å². The van der Waals surface area contributed by atoms with Crippen LogP contribution in [0.2, 0.25) is 0 Å². The molecule has 7 nitrogen and oxygen atoms in total. The van der Waals surface area contributed by atoms with Crippen LogP contribution in [0.15, 0.2) is 59.7 Å². The molecular formula is C27H32N6O. The number of nitrogen functional groups attached to an aromatic ring is 1. The minimum Gasteiger partial charge on any atom is -0.383 e. The molecule has 2 heterocycles. The lowest BCUT2D eigenvalue weighted by Gasteiger charge is -2.19. The molecule has 0 amide bonds. The highest BCUT2D eigenvalue weighted by molar-refractivity contribution is 6.04. The van der Waals surface area contributed by atoms with Gasteiger partial charge in [0.15, 0.2) is 0 Å². The van der Waals surface area contributed by atoms with Crippen molar-refractivity contribution in [2.24, 2.45) is 0 Å². The first-order chi connectivity index (χ1) is 16.4. The molecule has 0 bridgehead atoms. The Kier molecular flexibility index (Phi) is 7.79. The lowest BCUT2D eigenvalue weighted by Crippen LogP contribution is -2.25. The third-order valence-electron chi connectivity index (χ3n) is 5.63. The number of fused-ring (bicyclic) bond motifs is 1.